The van der Waals surface area contributed by atoms with Crippen molar-refractivity contribution in [2.45, 2.75) is 196 Å². The molecule has 0 aromatic heterocycles. The molecule has 0 bridgehead atoms. The zero-order valence-electron chi connectivity index (χ0n) is 38.1. The average molecular weight is 788 g/mol. The molecule has 57 heavy (non-hydrogen) atoms. The van der Waals surface area contributed by atoms with Crippen LogP contribution in [0.15, 0.2) is 23.3 Å². The van der Waals surface area contributed by atoms with E-state index >= 15 is 0 Å². The summed E-state index contributed by atoms with van der Waals surface area (Å²) in [5.41, 5.74) is 4.78. The number of allylic oxidation sites excluding steroid dienone is 2. The lowest BCUT2D eigenvalue weighted by atomic mass is 9.47. The van der Waals surface area contributed by atoms with E-state index in [0.717, 1.165) is 92.3 Å². The second-order valence-corrected chi connectivity index (χ2v) is 23.0. The van der Waals surface area contributed by atoms with Gasteiger partial charge in [-0.3, -0.25) is 9.59 Å². The lowest BCUT2D eigenvalue weighted by molar-refractivity contribution is -0.129. The number of ketones is 1. The highest BCUT2D eigenvalue weighted by Crippen LogP contribution is 2.69. The normalized spacial score (nSPS) is 45.5. The number of aliphatic hydroxyl groups excluding tert-OH is 2. The Morgan fingerprint density at radius 3 is 1.51 bits per heavy atom. The molecule has 0 aromatic rings. The standard InChI is InChI=1S/C26H43NO2.C26H42O2/c1-17(6-11-24(29)27(4)5)21-9-10-22-20-8-7-18-16-19(28)12-14-25(18,2)23(20)13-15-26(21,22)3;1-5-19(27)8-6-17(2)22-10-11-23-21-9-7-18-16-20(28)12-14-25(18,3)24(21)13-15-26(22,23)4/h7,17,19-23,28H,6,8-16H2,1-5H3;7,17,20-24,28H,5-6,8-16H2,1-4H3/t17-,19+,20+,21-,22+,23+,25+,26-;17-,20+,21+,22-,23+,24+,25+,26-/m11/s1. The number of aliphatic hydroxyl groups is 2. The van der Waals surface area contributed by atoms with Crippen molar-refractivity contribution in [3.05, 3.63) is 23.3 Å². The van der Waals surface area contributed by atoms with Gasteiger partial charge < -0.3 is 15.1 Å². The number of carbonyl (C=O) groups is 2. The fourth-order valence-electron chi connectivity index (χ4n) is 16.8. The van der Waals surface area contributed by atoms with E-state index in [2.05, 4.69) is 53.7 Å². The maximum Gasteiger partial charge on any atom is 0.222 e. The number of carbonyl (C=O) groups excluding carboxylic acids is 2. The largest absolute Gasteiger partial charge is 0.393 e. The molecule has 0 spiro atoms. The summed E-state index contributed by atoms with van der Waals surface area (Å²) >= 11 is 0. The molecule has 6 fully saturated rings. The molecular weight excluding hydrogens is 703 g/mol. The maximum atomic E-state index is 12.1. The number of rotatable bonds is 9. The quantitative estimate of drug-likeness (QED) is 0.228. The van der Waals surface area contributed by atoms with E-state index < -0.39 is 0 Å². The predicted octanol–water partition coefficient (Wildman–Crippen LogP) is 11.8. The molecule has 16 atom stereocenters. The van der Waals surface area contributed by atoms with Crippen LogP contribution in [0, 0.1) is 80.8 Å². The number of Topliss-reactive ketones (excluding diaryl/α,β-unsaturated/α-hetero) is 1. The van der Waals surface area contributed by atoms with Crippen LogP contribution in [0.5, 0.6) is 0 Å². The van der Waals surface area contributed by atoms with Gasteiger partial charge in [-0.25, -0.2) is 0 Å². The molecule has 0 unspecified atom stereocenters. The van der Waals surface area contributed by atoms with Gasteiger partial charge in [-0.15, -0.1) is 0 Å². The first-order valence-electron chi connectivity index (χ1n) is 24.4. The number of fused-ring (bicyclic) bond motifs is 10. The molecule has 8 aliphatic carbocycles. The first kappa shape index (κ1) is 43.6. The van der Waals surface area contributed by atoms with Crippen LogP contribution in [0.1, 0.15) is 183 Å². The van der Waals surface area contributed by atoms with Gasteiger partial charge in [0.05, 0.1) is 12.2 Å². The van der Waals surface area contributed by atoms with Crippen LogP contribution < -0.4 is 0 Å². The summed E-state index contributed by atoms with van der Waals surface area (Å²) in [7, 11) is 3.74. The predicted molar refractivity (Wildman–Crippen MR) is 233 cm³/mol. The Morgan fingerprint density at radius 2 is 1.09 bits per heavy atom. The minimum Gasteiger partial charge on any atom is -0.393 e. The van der Waals surface area contributed by atoms with Gasteiger partial charge in [0, 0.05) is 33.4 Å². The summed E-state index contributed by atoms with van der Waals surface area (Å²) in [5, 5.41) is 20.4. The molecule has 2 N–H and O–H groups in total. The fourth-order valence-corrected chi connectivity index (χ4v) is 16.8. The molecule has 8 aliphatic rings. The lowest BCUT2D eigenvalue weighted by Gasteiger charge is -2.58. The highest BCUT2D eigenvalue weighted by atomic mass is 16.3. The Morgan fingerprint density at radius 1 is 0.649 bits per heavy atom. The lowest BCUT2D eigenvalue weighted by Crippen LogP contribution is -2.50. The van der Waals surface area contributed by atoms with Gasteiger partial charge in [-0.05, 0) is 196 Å². The second kappa shape index (κ2) is 16.8. The van der Waals surface area contributed by atoms with Crippen LogP contribution in [0.4, 0.5) is 0 Å². The molecule has 0 radical (unpaired) electrons. The molecule has 5 heteroatoms. The van der Waals surface area contributed by atoms with Crippen LogP contribution in [-0.2, 0) is 9.59 Å². The molecule has 322 valence electrons. The third kappa shape index (κ3) is 7.84. The van der Waals surface area contributed by atoms with E-state index in [0.29, 0.717) is 52.1 Å². The van der Waals surface area contributed by atoms with Crippen molar-refractivity contribution < 1.29 is 19.8 Å². The van der Waals surface area contributed by atoms with E-state index in [-0.39, 0.29) is 18.1 Å². The SMILES string of the molecule is CCC(=O)CC[C@@H](C)[C@H]1CC[C@H]2[C@@H]3CC=C4C[C@@H](O)CC[C@]4(C)[C@H]3CC[C@]12C.C[C@H](CCC(=O)N(C)C)[C@H]1CC[C@H]2[C@@H]3CC=C4C[C@@H](O)CC[C@]4(C)[C@H]3CC[C@]12C. The Hall–Kier alpha value is -1.46. The summed E-state index contributed by atoms with van der Waals surface area (Å²) in [6, 6.07) is 0. The first-order chi connectivity index (χ1) is 27.0. The minimum absolute atomic E-state index is 0.104. The van der Waals surface area contributed by atoms with Crippen molar-refractivity contribution in [2.24, 2.45) is 80.8 Å². The van der Waals surface area contributed by atoms with Gasteiger partial charge in [0.15, 0.2) is 0 Å². The molecule has 6 saturated carbocycles. The fraction of sp³-hybridized carbons (Fsp3) is 0.885. The summed E-state index contributed by atoms with van der Waals surface area (Å²) in [6.45, 7) is 17.1. The monoisotopic (exact) mass is 788 g/mol. The van der Waals surface area contributed by atoms with Crippen LogP contribution >= 0.6 is 0 Å². The third-order valence-corrected chi connectivity index (χ3v) is 20.3. The van der Waals surface area contributed by atoms with Crippen LogP contribution in [0.2, 0.25) is 0 Å². The van der Waals surface area contributed by atoms with Crippen LogP contribution in [-0.4, -0.2) is 53.1 Å². The zero-order chi connectivity index (χ0) is 41.1. The Labute approximate surface area is 349 Å². The molecule has 0 heterocycles. The molecular formula is C52H85NO4. The van der Waals surface area contributed by atoms with Gasteiger partial charge in [0.25, 0.3) is 0 Å². The van der Waals surface area contributed by atoms with Crippen LogP contribution in [0.3, 0.4) is 0 Å². The topological polar surface area (TPSA) is 77.8 Å². The van der Waals surface area contributed by atoms with Crippen molar-refractivity contribution in [3.8, 4) is 0 Å². The number of amides is 1. The smallest absolute Gasteiger partial charge is 0.222 e. The van der Waals surface area contributed by atoms with E-state index in [4.69, 9.17) is 0 Å². The number of nitrogens with zero attached hydrogens (tertiary/aromatic N) is 1. The van der Waals surface area contributed by atoms with Gasteiger partial charge in [-0.1, -0.05) is 71.8 Å². The van der Waals surface area contributed by atoms with Gasteiger partial charge in [0.1, 0.15) is 5.78 Å². The molecule has 0 aliphatic heterocycles. The van der Waals surface area contributed by atoms with Crippen molar-refractivity contribution in [1.29, 1.82) is 0 Å². The molecule has 0 saturated heterocycles. The van der Waals surface area contributed by atoms with Crippen molar-refractivity contribution in [1.82, 2.24) is 4.90 Å². The average Bonchev–Trinajstić information content (AvgIpc) is 3.73. The number of hydrogen-bond acceptors (Lipinski definition) is 4. The third-order valence-electron chi connectivity index (χ3n) is 20.3. The minimum atomic E-state index is -0.110. The molecule has 8 rings (SSSR count). The zero-order valence-corrected chi connectivity index (χ0v) is 38.1. The van der Waals surface area contributed by atoms with Crippen molar-refractivity contribution in [3.63, 3.8) is 0 Å². The molecule has 0 aromatic carbocycles. The van der Waals surface area contributed by atoms with Gasteiger partial charge in [-0.2, -0.15) is 0 Å². The summed E-state index contributed by atoms with van der Waals surface area (Å²) in [5.74, 6) is 8.63. The van der Waals surface area contributed by atoms with E-state index in [1.807, 2.05) is 21.0 Å². The second-order valence-electron chi connectivity index (χ2n) is 23.0. The van der Waals surface area contributed by atoms with E-state index in [1.165, 1.54) is 77.0 Å². The van der Waals surface area contributed by atoms with Crippen LogP contribution in [0.25, 0.3) is 0 Å². The first-order valence-corrected chi connectivity index (χ1v) is 24.4. The van der Waals surface area contributed by atoms with Gasteiger partial charge in [0.2, 0.25) is 5.91 Å². The molecule has 5 nitrogen and oxygen atoms in total. The Balaban J connectivity index is 0.000000174. The van der Waals surface area contributed by atoms with Gasteiger partial charge >= 0.3 is 0 Å². The summed E-state index contributed by atoms with van der Waals surface area (Å²) < 4.78 is 0. The number of hydrogen-bond donors (Lipinski definition) is 2. The summed E-state index contributed by atoms with van der Waals surface area (Å²) in [4.78, 5) is 25.7. The van der Waals surface area contributed by atoms with E-state index in [1.54, 1.807) is 16.0 Å². The maximum absolute atomic E-state index is 12.1. The van der Waals surface area contributed by atoms with Crippen molar-refractivity contribution >= 4 is 11.7 Å². The highest BCUT2D eigenvalue weighted by molar-refractivity contribution is 5.78. The highest BCUT2D eigenvalue weighted by Gasteiger charge is 2.60. The Bertz CT molecular complexity index is 1530. The molecule has 1 amide bonds. The Kier molecular flexibility index (Phi) is 12.8. The van der Waals surface area contributed by atoms with Crippen molar-refractivity contribution in [2.75, 3.05) is 14.1 Å². The summed E-state index contributed by atoms with van der Waals surface area (Å²) in [6.07, 6.45) is 28.8. The van der Waals surface area contributed by atoms with E-state index in [9.17, 15) is 19.8 Å².